The summed E-state index contributed by atoms with van der Waals surface area (Å²) in [5, 5.41) is 4.64. The second kappa shape index (κ2) is 5.77. The fraction of sp³-hybridized carbons (Fsp3) is 0.333. The third-order valence-electron chi connectivity index (χ3n) is 5.09. The number of nitrogens with one attached hydrogen (secondary N) is 2. The van der Waals surface area contributed by atoms with Gasteiger partial charge in [-0.1, -0.05) is 12.1 Å². The molecule has 4 aromatic rings. The van der Waals surface area contributed by atoms with Crippen LogP contribution in [0.25, 0.3) is 22.1 Å². The van der Waals surface area contributed by atoms with Gasteiger partial charge in [0.2, 0.25) is 0 Å². The number of likely N-dealkylation sites (tertiary alicyclic amines) is 1. The average Bonchev–Trinajstić information content (AvgIpc) is 3.33. The van der Waals surface area contributed by atoms with Gasteiger partial charge < -0.3 is 9.97 Å². The standard InChI is InChI=1S/C18H19N7O/c1-24-17-11(9-19-24)18(26)23-15(22-17)10-25-8-4-7-14(25)16-20-12-5-2-3-6-13(12)21-16/h2-3,5-6,9,14H,4,7-8,10H2,1H3,(H,20,21)(H,22,23,26). The molecule has 4 heterocycles. The van der Waals surface area contributed by atoms with E-state index in [4.69, 9.17) is 4.98 Å². The second-order valence-corrected chi connectivity index (χ2v) is 6.79. The zero-order valence-corrected chi connectivity index (χ0v) is 14.4. The number of aromatic nitrogens is 6. The van der Waals surface area contributed by atoms with Crippen molar-refractivity contribution in [3.63, 3.8) is 0 Å². The average molecular weight is 349 g/mol. The van der Waals surface area contributed by atoms with Gasteiger partial charge in [-0.3, -0.25) is 14.4 Å². The van der Waals surface area contributed by atoms with Crippen LogP contribution in [0.2, 0.25) is 0 Å². The van der Waals surface area contributed by atoms with Crippen LogP contribution < -0.4 is 5.56 Å². The van der Waals surface area contributed by atoms with E-state index < -0.39 is 0 Å². The van der Waals surface area contributed by atoms with Gasteiger partial charge in [0.25, 0.3) is 5.56 Å². The summed E-state index contributed by atoms with van der Waals surface area (Å²) < 4.78 is 1.63. The molecule has 1 saturated heterocycles. The number of H-pyrrole nitrogens is 2. The summed E-state index contributed by atoms with van der Waals surface area (Å²) in [5.74, 6) is 1.64. The van der Waals surface area contributed by atoms with Crippen molar-refractivity contribution >= 4 is 22.1 Å². The minimum absolute atomic E-state index is 0.141. The van der Waals surface area contributed by atoms with Crippen molar-refractivity contribution in [1.29, 1.82) is 0 Å². The van der Waals surface area contributed by atoms with Crippen molar-refractivity contribution in [3.8, 4) is 0 Å². The molecule has 1 aromatic carbocycles. The molecule has 2 N–H and O–H groups in total. The normalized spacial score (nSPS) is 18.3. The van der Waals surface area contributed by atoms with E-state index in [-0.39, 0.29) is 11.6 Å². The van der Waals surface area contributed by atoms with E-state index in [1.165, 1.54) is 0 Å². The maximum atomic E-state index is 12.3. The lowest BCUT2D eigenvalue weighted by Gasteiger charge is -2.22. The Kier molecular flexibility index (Phi) is 3.39. The van der Waals surface area contributed by atoms with Gasteiger partial charge in [0.05, 0.1) is 29.8 Å². The first kappa shape index (κ1) is 15.3. The largest absolute Gasteiger partial charge is 0.341 e. The molecule has 132 valence electrons. The summed E-state index contributed by atoms with van der Waals surface area (Å²) in [7, 11) is 1.80. The number of aryl methyl sites for hydroxylation is 1. The predicted octanol–water partition coefficient (Wildman–Crippen LogP) is 1.87. The van der Waals surface area contributed by atoms with Crippen molar-refractivity contribution in [2.75, 3.05) is 6.54 Å². The van der Waals surface area contributed by atoms with Crippen molar-refractivity contribution < 1.29 is 0 Å². The zero-order chi connectivity index (χ0) is 17.7. The number of hydrogen-bond acceptors (Lipinski definition) is 5. The molecule has 8 nitrogen and oxygen atoms in total. The topological polar surface area (TPSA) is 95.5 Å². The maximum Gasteiger partial charge on any atom is 0.262 e. The summed E-state index contributed by atoms with van der Waals surface area (Å²) in [6.07, 6.45) is 3.69. The van der Waals surface area contributed by atoms with Crippen LogP contribution in [0.5, 0.6) is 0 Å². The van der Waals surface area contributed by atoms with E-state index in [9.17, 15) is 4.79 Å². The van der Waals surface area contributed by atoms with E-state index >= 15 is 0 Å². The Hall–Kier alpha value is -3.00. The fourth-order valence-electron chi connectivity index (χ4n) is 3.80. The van der Waals surface area contributed by atoms with Crippen molar-refractivity contribution in [2.45, 2.75) is 25.4 Å². The first-order chi connectivity index (χ1) is 12.7. The van der Waals surface area contributed by atoms with E-state index in [1.807, 2.05) is 24.3 Å². The highest BCUT2D eigenvalue weighted by molar-refractivity contribution is 5.75. The molecule has 26 heavy (non-hydrogen) atoms. The minimum atomic E-state index is -0.141. The van der Waals surface area contributed by atoms with Crippen molar-refractivity contribution in [1.82, 2.24) is 34.6 Å². The van der Waals surface area contributed by atoms with Crippen LogP contribution in [0.1, 0.15) is 30.5 Å². The van der Waals surface area contributed by atoms with E-state index in [1.54, 1.807) is 17.9 Å². The van der Waals surface area contributed by atoms with Gasteiger partial charge in [0, 0.05) is 7.05 Å². The van der Waals surface area contributed by atoms with Crippen LogP contribution in [-0.2, 0) is 13.6 Å². The highest BCUT2D eigenvalue weighted by Crippen LogP contribution is 2.32. The lowest BCUT2D eigenvalue weighted by Crippen LogP contribution is -2.26. The molecular formula is C18H19N7O. The molecular weight excluding hydrogens is 330 g/mol. The van der Waals surface area contributed by atoms with Gasteiger partial charge in [-0.15, -0.1) is 0 Å². The number of aromatic amines is 2. The SMILES string of the molecule is Cn1ncc2c(=O)[nH]c(CN3CCCC3c3nc4ccccc4[nH]3)nc21. The van der Waals surface area contributed by atoms with Crippen LogP contribution in [0.3, 0.4) is 0 Å². The van der Waals surface area contributed by atoms with E-state index in [2.05, 4.69) is 25.0 Å². The minimum Gasteiger partial charge on any atom is -0.341 e. The molecule has 0 aliphatic carbocycles. The Morgan fingerprint density at radius 3 is 3.00 bits per heavy atom. The Balaban J connectivity index is 1.47. The molecule has 0 amide bonds. The summed E-state index contributed by atoms with van der Waals surface area (Å²) in [6, 6.07) is 8.27. The van der Waals surface area contributed by atoms with Gasteiger partial charge in [0.15, 0.2) is 5.65 Å². The first-order valence-electron chi connectivity index (χ1n) is 8.78. The third-order valence-corrected chi connectivity index (χ3v) is 5.09. The molecule has 3 aromatic heterocycles. The molecule has 1 fully saturated rings. The summed E-state index contributed by atoms with van der Waals surface area (Å²) in [4.78, 5) is 30.3. The Bertz CT molecular complexity index is 1120. The molecule has 0 bridgehead atoms. The second-order valence-electron chi connectivity index (χ2n) is 6.79. The third kappa shape index (κ3) is 2.41. The number of hydrogen-bond donors (Lipinski definition) is 2. The molecule has 0 spiro atoms. The molecule has 1 aliphatic heterocycles. The molecule has 1 aliphatic rings. The van der Waals surface area contributed by atoms with Gasteiger partial charge in [-0.25, -0.2) is 9.97 Å². The highest BCUT2D eigenvalue weighted by atomic mass is 16.1. The van der Waals surface area contributed by atoms with Crippen LogP contribution in [0, 0.1) is 0 Å². The number of nitrogens with zero attached hydrogens (tertiary/aromatic N) is 5. The van der Waals surface area contributed by atoms with Gasteiger partial charge >= 0.3 is 0 Å². The first-order valence-corrected chi connectivity index (χ1v) is 8.78. The number of benzene rings is 1. The van der Waals surface area contributed by atoms with Gasteiger partial charge in [-0.2, -0.15) is 5.10 Å². The molecule has 1 atom stereocenters. The smallest absolute Gasteiger partial charge is 0.262 e. The van der Waals surface area contributed by atoms with Gasteiger partial charge in [-0.05, 0) is 31.5 Å². The Labute approximate surface area is 148 Å². The quantitative estimate of drug-likeness (QED) is 0.589. The van der Waals surface area contributed by atoms with E-state index in [0.717, 1.165) is 36.2 Å². The Morgan fingerprint density at radius 1 is 1.23 bits per heavy atom. The summed E-state index contributed by atoms with van der Waals surface area (Å²) in [5.41, 5.74) is 2.51. The zero-order valence-electron chi connectivity index (χ0n) is 14.4. The monoisotopic (exact) mass is 349 g/mol. The van der Waals surface area contributed by atoms with Crippen molar-refractivity contribution in [3.05, 3.63) is 52.5 Å². The van der Waals surface area contributed by atoms with Crippen LogP contribution in [0.4, 0.5) is 0 Å². The molecule has 1 unspecified atom stereocenters. The summed E-state index contributed by atoms with van der Waals surface area (Å²) >= 11 is 0. The number of rotatable bonds is 3. The maximum absolute atomic E-state index is 12.3. The lowest BCUT2D eigenvalue weighted by atomic mass is 10.2. The Morgan fingerprint density at radius 2 is 2.12 bits per heavy atom. The van der Waals surface area contributed by atoms with Crippen LogP contribution >= 0.6 is 0 Å². The number of imidazole rings is 1. The molecule has 8 heteroatoms. The predicted molar refractivity (Wildman–Crippen MR) is 97.6 cm³/mol. The fourth-order valence-corrected chi connectivity index (χ4v) is 3.80. The molecule has 0 radical (unpaired) electrons. The van der Waals surface area contributed by atoms with Crippen LogP contribution in [-0.4, -0.2) is 41.2 Å². The van der Waals surface area contributed by atoms with Crippen LogP contribution in [0.15, 0.2) is 35.3 Å². The van der Waals surface area contributed by atoms with E-state index in [0.29, 0.717) is 23.4 Å². The number of para-hydroxylation sites is 2. The van der Waals surface area contributed by atoms with Crippen molar-refractivity contribution in [2.24, 2.45) is 7.05 Å². The summed E-state index contributed by atoms with van der Waals surface area (Å²) in [6.45, 7) is 1.53. The molecule has 5 rings (SSSR count). The highest BCUT2D eigenvalue weighted by Gasteiger charge is 2.29. The molecule has 0 saturated carbocycles. The van der Waals surface area contributed by atoms with Gasteiger partial charge in [0.1, 0.15) is 17.0 Å². The lowest BCUT2D eigenvalue weighted by molar-refractivity contribution is 0.235. The number of fused-ring (bicyclic) bond motifs is 2.